The summed E-state index contributed by atoms with van der Waals surface area (Å²) in [6.07, 6.45) is 1.45. The summed E-state index contributed by atoms with van der Waals surface area (Å²) in [5.74, 6) is 0.754. The Kier molecular flexibility index (Phi) is 13.2. The van der Waals surface area contributed by atoms with Crippen molar-refractivity contribution in [3.05, 3.63) is 29.3 Å². The second-order valence-electron chi connectivity index (χ2n) is 5.34. The van der Waals surface area contributed by atoms with E-state index in [9.17, 15) is 0 Å². The monoisotopic (exact) mass is 358 g/mol. The van der Waals surface area contributed by atoms with Crippen molar-refractivity contribution in [2.75, 3.05) is 66.1 Å². The third-order valence-corrected chi connectivity index (χ3v) is 3.30. The van der Waals surface area contributed by atoms with Crippen LogP contribution >= 0.6 is 0 Å². The number of ether oxygens (including phenoxy) is 4. The van der Waals surface area contributed by atoms with Gasteiger partial charge < -0.3 is 34.3 Å². The van der Waals surface area contributed by atoms with Gasteiger partial charge in [-0.3, -0.25) is 0 Å². The largest absolute Gasteiger partial charge is 0.491 e. The molecule has 0 fully saturated rings. The first-order valence-corrected chi connectivity index (χ1v) is 8.61. The van der Waals surface area contributed by atoms with Crippen LogP contribution < -0.4 is 4.74 Å². The van der Waals surface area contributed by atoms with E-state index in [0.29, 0.717) is 46.2 Å². The van der Waals surface area contributed by atoms with Crippen molar-refractivity contribution >= 4 is 0 Å². The standard InChI is InChI=1S/C18H30O7/c19-3-8-22-6-1-16-13-17(2-7-23-9-4-20)15-18(14-16)25-12-11-24-10-5-21/h13-15,19-21H,1-12H2. The number of rotatable bonds is 16. The molecule has 0 aliphatic heterocycles. The third kappa shape index (κ3) is 11.1. The lowest BCUT2D eigenvalue weighted by Gasteiger charge is -2.12. The smallest absolute Gasteiger partial charge is 0.119 e. The summed E-state index contributed by atoms with van der Waals surface area (Å²) >= 11 is 0. The summed E-state index contributed by atoms with van der Waals surface area (Å²) in [6.45, 7) is 2.90. The fourth-order valence-corrected chi connectivity index (χ4v) is 2.20. The van der Waals surface area contributed by atoms with E-state index < -0.39 is 0 Å². The lowest BCUT2D eigenvalue weighted by molar-refractivity contribution is 0.0704. The molecule has 0 saturated heterocycles. The average Bonchev–Trinajstić information content (AvgIpc) is 2.62. The van der Waals surface area contributed by atoms with E-state index in [4.69, 9.17) is 34.3 Å². The molecule has 25 heavy (non-hydrogen) atoms. The van der Waals surface area contributed by atoms with Crippen LogP contribution in [0.15, 0.2) is 18.2 Å². The molecule has 0 saturated carbocycles. The van der Waals surface area contributed by atoms with Crippen LogP contribution in [-0.2, 0) is 27.1 Å². The van der Waals surface area contributed by atoms with Crippen molar-refractivity contribution < 1.29 is 34.3 Å². The molecule has 0 radical (unpaired) electrons. The van der Waals surface area contributed by atoms with E-state index in [1.165, 1.54) is 0 Å². The van der Waals surface area contributed by atoms with E-state index in [1.54, 1.807) is 0 Å². The molecule has 1 aromatic rings. The van der Waals surface area contributed by atoms with Gasteiger partial charge in [-0.2, -0.15) is 0 Å². The Morgan fingerprint density at radius 2 is 1.04 bits per heavy atom. The Morgan fingerprint density at radius 1 is 0.560 bits per heavy atom. The summed E-state index contributed by atoms with van der Waals surface area (Å²) in [5.41, 5.74) is 2.17. The van der Waals surface area contributed by atoms with E-state index in [0.717, 1.165) is 29.7 Å². The van der Waals surface area contributed by atoms with Gasteiger partial charge in [0, 0.05) is 0 Å². The van der Waals surface area contributed by atoms with Crippen LogP contribution in [0, 0.1) is 0 Å². The van der Waals surface area contributed by atoms with Crippen molar-refractivity contribution in [3.63, 3.8) is 0 Å². The second kappa shape index (κ2) is 15.1. The van der Waals surface area contributed by atoms with Crippen LogP contribution in [0.25, 0.3) is 0 Å². The molecule has 0 bridgehead atoms. The molecular weight excluding hydrogens is 328 g/mol. The maximum Gasteiger partial charge on any atom is 0.119 e. The molecule has 0 atom stereocenters. The Labute approximate surface area is 149 Å². The highest BCUT2D eigenvalue weighted by Gasteiger charge is 2.04. The molecule has 0 aliphatic carbocycles. The van der Waals surface area contributed by atoms with Gasteiger partial charge in [-0.05, 0) is 36.1 Å². The van der Waals surface area contributed by atoms with E-state index in [-0.39, 0.29) is 19.8 Å². The third-order valence-electron chi connectivity index (χ3n) is 3.30. The molecule has 0 heterocycles. The van der Waals surface area contributed by atoms with Gasteiger partial charge in [0.1, 0.15) is 12.4 Å². The molecule has 1 aromatic carbocycles. The first kappa shape index (κ1) is 21.8. The van der Waals surface area contributed by atoms with Gasteiger partial charge in [-0.25, -0.2) is 0 Å². The summed E-state index contributed by atoms with van der Waals surface area (Å²) in [5, 5.41) is 26.2. The summed E-state index contributed by atoms with van der Waals surface area (Å²) in [4.78, 5) is 0. The highest BCUT2D eigenvalue weighted by Crippen LogP contribution is 2.19. The zero-order chi connectivity index (χ0) is 18.2. The Balaban J connectivity index is 2.55. The van der Waals surface area contributed by atoms with Crippen LogP contribution in [0.4, 0.5) is 0 Å². The van der Waals surface area contributed by atoms with Crippen molar-refractivity contribution in [3.8, 4) is 5.75 Å². The maximum absolute atomic E-state index is 8.75. The van der Waals surface area contributed by atoms with Crippen molar-refractivity contribution in [1.82, 2.24) is 0 Å². The molecule has 0 aromatic heterocycles. The maximum atomic E-state index is 8.75. The van der Waals surface area contributed by atoms with Crippen LogP contribution in [0.3, 0.4) is 0 Å². The van der Waals surface area contributed by atoms with Gasteiger partial charge in [0.25, 0.3) is 0 Å². The molecule has 0 amide bonds. The molecule has 1 rings (SSSR count). The number of hydrogen-bond donors (Lipinski definition) is 3. The van der Waals surface area contributed by atoms with E-state index >= 15 is 0 Å². The first-order chi connectivity index (χ1) is 12.3. The predicted molar refractivity (Wildman–Crippen MR) is 93.1 cm³/mol. The SMILES string of the molecule is OCCOCCOc1cc(CCOCCO)cc(CCOCCO)c1. The minimum Gasteiger partial charge on any atom is -0.491 e. The lowest BCUT2D eigenvalue weighted by Crippen LogP contribution is -2.10. The van der Waals surface area contributed by atoms with Crippen molar-refractivity contribution in [2.45, 2.75) is 12.8 Å². The number of aliphatic hydroxyl groups excluding tert-OH is 3. The van der Waals surface area contributed by atoms with Crippen LogP contribution in [-0.4, -0.2) is 81.4 Å². The zero-order valence-corrected chi connectivity index (χ0v) is 14.7. The average molecular weight is 358 g/mol. The Morgan fingerprint density at radius 3 is 1.52 bits per heavy atom. The van der Waals surface area contributed by atoms with Gasteiger partial charge in [-0.15, -0.1) is 0 Å². The minimum absolute atomic E-state index is 0.00130. The summed E-state index contributed by atoms with van der Waals surface area (Å²) in [7, 11) is 0. The quantitative estimate of drug-likeness (QED) is 0.363. The van der Waals surface area contributed by atoms with Crippen LogP contribution in [0.2, 0.25) is 0 Å². The van der Waals surface area contributed by atoms with Gasteiger partial charge in [0.05, 0.1) is 59.5 Å². The van der Waals surface area contributed by atoms with Crippen molar-refractivity contribution in [1.29, 1.82) is 0 Å². The van der Waals surface area contributed by atoms with Crippen LogP contribution in [0.5, 0.6) is 5.75 Å². The number of benzene rings is 1. The number of aliphatic hydroxyl groups is 3. The van der Waals surface area contributed by atoms with E-state index in [1.807, 2.05) is 12.1 Å². The van der Waals surface area contributed by atoms with Gasteiger partial charge >= 0.3 is 0 Å². The van der Waals surface area contributed by atoms with Gasteiger partial charge in [-0.1, -0.05) is 6.07 Å². The molecule has 0 spiro atoms. The molecule has 7 heteroatoms. The fourth-order valence-electron chi connectivity index (χ4n) is 2.20. The fraction of sp³-hybridized carbons (Fsp3) is 0.667. The summed E-state index contributed by atoms with van der Waals surface area (Å²) in [6, 6.07) is 6.01. The topological polar surface area (TPSA) is 97.6 Å². The molecular formula is C18H30O7. The zero-order valence-electron chi connectivity index (χ0n) is 14.7. The second-order valence-corrected chi connectivity index (χ2v) is 5.34. The molecule has 144 valence electrons. The normalized spacial score (nSPS) is 11.0. The highest BCUT2D eigenvalue weighted by molar-refractivity contribution is 5.35. The molecule has 0 aliphatic rings. The summed E-state index contributed by atoms with van der Waals surface area (Å²) < 4.78 is 21.5. The van der Waals surface area contributed by atoms with E-state index in [2.05, 4.69) is 6.07 Å². The first-order valence-electron chi connectivity index (χ1n) is 8.61. The molecule has 7 nitrogen and oxygen atoms in total. The Hall–Kier alpha value is -1.22. The minimum atomic E-state index is 0.00130. The molecule has 0 unspecified atom stereocenters. The van der Waals surface area contributed by atoms with Crippen LogP contribution in [0.1, 0.15) is 11.1 Å². The Bertz CT molecular complexity index is 409. The van der Waals surface area contributed by atoms with Gasteiger partial charge in [0.2, 0.25) is 0 Å². The molecule has 3 N–H and O–H groups in total. The lowest BCUT2D eigenvalue weighted by atomic mass is 10.1. The van der Waals surface area contributed by atoms with Crippen molar-refractivity contribution in [2.24, 2.45) is 0 Å². The number of hydrogen-bond acceptors (Lipinski definition) is 7. The predicted octanol–water partition coefficient (Wildman–Crippen LogP) is 0.177. The highest BCUT2D eigenvalue weighted by atomic mass is 16.5. The van der Waals surface area contributed by atoms with Gasteiger partial charge in [0.15, 0.2) is 0 Å².